The lowest BCUT2D eigenvalue weighted by atomic mass is 10.1. The molecule has 0 radical (unpaired) electrons. The van der Waals surface area contributed by atoms with Crippen molar-refractivity contribution in [2.24, 2.45) is 0 Å². The normalized spacial score (nSPS) is 10.5. The van der Waals surface area contributed by atoms with Crippen molar-refractivity contribution < 1.29 is 9.53 Å². The van der Waals surface area contributed by atoms with E-state index in [1.54, 1.807) is 4.90 Å². The highest BCUT2D eigenvalue weighted by atomic mass is 16.5. The smallest absolute Gasteiger partial charge is 0.226 e. The predicted octanol–water partition coefficient (Wildman–Crippen LogP) is 2.79. The molecule has 1 N–H and O–H groups in total. The summed E-state index contributed by atoms with van der Waals surface area (Å²) in [5.74, 6) is 0.903. The number of nitrogens with zero attached hydrogens (tertiary/aromatic N) is 1. The second-order valence-electron chi connectivity index (χ2n) is 6.02. The maximum atomic E-state index is 12.2. The average Bonchev–Trinajstić information content (AvgIpc) is 2.58. The van der Waals surface area contributed by atoms with Gasteiger partial charge in [-0.05, 0) is 37.2 Å². The van der Waals surface area contributed by atoms with E-state index in [9.17, 15) is 4.79 Å². The van der Waals surface area contributed by atoms with E-state index in [4.69, 9.17) is 4.74 Å². The Morgan fingerprint density at radius 2 is 1.88 bits per heavy atom. The summed E-state index contributed by atoms with van der Waals surface area (Å²) in [5, 5.41) is 3.05. The second-order valence-corrected chi connectivity index (χ2v) is 6.02. The molecule has 2 aromatic carbocycles. The van der Waals surface area contributed by atoms with Crippen LogP contribution in [0.5, 0.6) is 5.75 Å². The van der Waals surface area contributed by atoms with Crippen molar-refractivity contribution >= 4 is 5.91 Å². The van der Waals surface area contributed by atoms with Crippen LogP contribution in [0, 0.1) is 6.92 Å². The van der Waals surface area contributed by atoms with Gasteiger partial charge in [0.25, 0.3) is 0 Å². The van der Waals surface area contributed by atoms with Gasteiger partial charge in [-0.25, -0.2) is 0 Å². The number of hydrogen-bond acceptors (Lipinski definition) is 3. The zero-order valence-corrected chi connectivity index (χ0v) is 14.7. The number of aryl methyl sites for hydroxylation is 1. The number of carbonyl (C=O) groups excluding carboxylic acids is 1. The number of benzene rings is 2. The molecule has 0 fully saturated rings. The van der Waals surface area contributed by atoms with Crippen molar-refractivity contribution in [3.63, 3.8) is 0 Å². The minimum Gasteiger partial charge on any atom is -0.489 e. The van der Waals surface area contributed by atoms with Crippen LogP contribution in [0.15, 0.2) is 48.5 Å². The van der Waals surface area contributed by atoms with Crippen molar-refractivity contribution in [3.05, 3.63) is 65.2 Å². The summed E-state index contributed by atoms with van der Waals surface area (Å²) < 4.78 is 5.86. The van der Waals surface area contributed by atoms with Crippen LogP contribution < -0.4 is 10.1 Å². The Balaban J connectivity index is 1.92. The van der Waals surface area contributed by atoms with E-state index in [0.717, 1.165) is 23.4 Å². The maximum Gasteiger partial charge on any atom is 0.226 e. The lowest BCUT2D eigenvalue weighted by molar-refractivity contribution is -0.129. The Morgan fingerprint density at radius 1 is 1.12 bits per heavy atom. The number of hydrogen-bond donors (Lipinski definition) is 1. The molecule has 0 bridgehead atoms. The van der Waals surface area contributed by atoms with E-state index in [1.165, 1.54) is 5.56 Å². The van der Waals surface area contributed by atoms with E-state index >= 15 is 0 Å². The number of likely N-dealkylation sites (N-methyl/N-ethyl adjacent to an activating group) is 2. The molecule has 2 rings (SSSR count). The van der Waals surface area contributed by atoms with Crippen LogP contribution in [-0.2, 0) is 17.8 Å². The molecule has 0 aromatic heterocycles. The molecule has 4 heteroatoms. The summed E-state index contributed by atoms with van der Waals surface area (Å²) in [5.41, 5.74) is 3.33. The lowest BCUT2D eigenvalue weighted by Gasteiger charge is -2.17. The largest absolute Gasteiger partial charge is 0.489 e. The van der Waals surface area contributed by atoms with Gasteiger partial charge >= 0.3 is 0 Å². The van der Waals surface area contributed by atoms with Crippen molar-refractivity contribution in [2.75, 3.05) is 27.2 Å². The summed E-state index contributed by atoms with van der Waals surface area (Å²) in [6.45, 7) is 4.10. The van der Waals surface area contributed by atoms with Crippen molar-refractivity contribution in [1.29, 1.82) is 0 Å². The van der Waals surface area contributed by atoms with Crippen LogP contribution in [0.3, 0.4) is 0 Å². The van der Waals surface area contributed by atoms with Crippen molar-refractivity contribution in [1.82, 2.24) is 10.2 Å². The first-order valence-corrected chi connectivity index (χ1v) is 8.24. The Kier molecular flexibility index (Phi) is 6.82. The van der Waals surface area contributed by atoms with E-state index in [0.29, 0.717) is 19.6 Å². The summed E-state index contributed by atoms with van der Waals surface area (Å²) in [4.78, 5) is 14.0. The molecule has 4 nitrogen and oxygen atoms in total. The van der Waals surface area contributed by atoms with Gasteiger partial charge < -0.3 is 15.0 Å². The Bertz CT molecular complexity index is 670. The predicted molar refractivity (Wildman–Crippen MR) is 97.2 cm³/mol. The molecule has 0 saturated carbocycles. The Morgan fingerprint density at radius 3 is 2.62 bits per heavy atom. The molecule has 24 heavy (non-hydrogen) atoms. The molecule has 1 amide bonds. The van der Waals surface area contributed by atoms with E-state index in [2.05, 4.69) is 30.4 Å². The molecule has 0 aliphatic carbocycles. The topological polar surface area (TPSA) is 41.6 Å². The van der Waals surface area contributed by atoms with Gasteiger partial charge in [0.15, 0.2) is 0 Å². The van der Waals surface area contributed by atoms with Crippen molar-refractivity contribution in [3.8, 4) is 5.75 Å². The quantitative estimate of drug-likeness (QED) is 0.811. The van der Waals surface area contributed by atoms with Gasteiger partial charge in [-0.1, -0.05) is 42.0 Å². The van der Waals surface area contributed by atoms with Gasteiger partial charge in [-0.3, -0.25) is 4.79 Å². The molecular weight excluding hydrogens is 300 g/mol. The SMILES string of the molecule is CNCCN(C)C(=O)Cc1cccc(OCc2cccc(C)c2)c1. The van der Waals surface area contributed by atoms with Crippen LogP contribution in [0.1, 0.15) is 16.7 Å². The highest BCUT2D eigenvalue weighted by molar-refractivity contribution is 5.78. The van der Waals surface area contributed by atoms with Gasteiger partial charge in [0.2, 0.25) is 5.91 Å². The van der Waals surface area contributed by atoms with Gasteiger partial charge in [0.1, 0.15) is 12.4 Å². The molecule has 0 saturated heterocycles. The number of carbonyl (C=O) groups is 1. The van der Waals surface area contributed by atoms with Crippen molar-refractivity contribution in [2.45, 2.75) is 20.0 Å². The van der Waals surface area contributed by atoms with Gasteiger partial charge in [-0.2, -0.15) is 0 Å². The molecule has 0 unspecified atom stereocenters. The molecule has 0 aliphatic heterocycles. The average molecular weight is 326 g/mol. The molecule has 0 heterocycles. The first kappa shape index (κ1) is 18.0. The monoisotopic (exact) mass is 326 g/mol. The Hall–Kier alpha value is -2.33. The molecule has 2 aromatic rings. The van der Waals surface area contributed by atoms with Gasteiger partial charge in [0, 0.05) is 20.1 Å². The van der Waals surface area contributed by atoms with E-state index in [-0.39, 0.29) is 5.91 Å². The summed E-state index contributed by atoms with van der Waals surface area (Å²) >= 11 is 0. The van der Waals surface area contributed by atoms with Gasteiger partial charge in [0.05, 0.1) is 6.42 Å². The highest BCUT2D eigenvalue weighted by Crippen LogP contribution is 2.16. The number of ether oxygens (including phenoxy) is 1. The number of amides is 1. The number of nitrogens with one attached hydrogen (secondary N) is 1. The molecular formula is C20H26N2O2. The summed E-state index contributed by atoms with van der Waals surface area (Å²) in [7, 11) is 3.71. The van der Waals surface area contributed by atoms with Gasteiger partial charge in [-0.15, -0.1) is 0 Å². The second kappa shape index (κ2) is 9.08. The highest BCUT2D eigenvalue weighted by Gasteiger charge is 2.09. The fourth-order valence-corrected chi connectivity index (χ4v) is 2.43. The maximum absolute atomic E-state index is 12.2. The minimum atomic E-state index is 0.112. The van der Waals surface area contributed by atoms with Crippen LogP contribution in [0.25, 0.3) is 0 Å². The molecule has 128 valence electrons. The molecule has 0 spiro atoms. The van der Waals surface area contributed by atoms with E-state index in [1.807, 2.05) is 44.4 Å². The summed E-state index contributed by atoms with van der Waals surface area (Å²) in [6, 6.07) is 16.0. The molecule has 0 atom stereocenters. The fraction of sp³-hybridized carbons (Fsp3) is 0.350. The summed E-state index contributed by atoms with van der Waals surface area (Å²) in [6.07, 6.45) is 0.391. The lowest BCUT2D eigenvalue weighted by Crippen LogP contribution is -2.33. The van der Waals surface area contributed by atoms with Crippen LogP contribution in [-0.4, -0.2) is 38.0 Å². The fourth-order valence-electron chi connectivity index (χ4n) is 2.43. The van der Waals surface area contributed by atoms with E-state index < -0.39 is 0 Å². The van der Waals surface area contributed by atoms with Crippen LogP contribution >= 0.6 is 0 Å². The minimum absolute atomic E-state index is 0.112. The third-order valence-electron chi connectivity index (χ3n) is 3.86. The third kappa shape index (κ3) is 5.70. The molecule has 0 aliphatic rings. The van der Waals surface area contributed by atoms with Crippen LogP contribution in [0.4, 0.5) is 0 Å². The zero-order valence-electron chi connectivity index (χ0n) is 14.7. The third-order valence-corrected chi connectivity index (χ3v) is 3.86. The first-order valence-electron chi connectivity index (χ1n) is 8.24. The number of rotatable bonds is 8. The first-order chi connectivity index (χ1) is 11.6. The Labute approximate surface area is 144 Å². The zero-order chi connectivity index (χ0) is 17.4. The standard InChI is InChI=1S/C20H26N2O2/c1-16-6-4-8-18(12-16)15-24-19-9-5-7-17(13-19)14-20(23)22(3)11-10-21-2/h4-9,12-13,21H,10-11,14-15H2,1-3H3. The van der Waals surface area contributed by atoms with Crippen LogP contribution in [0.2, 0.25) is 0 Å².